The molecule has 2 atom stereocenters. The minimum absolute atomic E-state index is 0.0120. The summed E-state index contributed by atoms with van der Waals surface area (Å²) >= 11 is 3.72. The van der Waals surface area contributed by atoms with Gasteiger partial charge in [-0.2, -0.15) is 5.12 Å². The lowest BCUT2D eigenvalue weighted by molar-refractivity contribution is -0.0669. The molecule has 1 heterocycles. The molecule has 2 unspecified atom stereocenters. The summed E-state index contributed by atoms with van der Waals surface area (Å²) in [6, 6.07) is 10.1. The molecule has 0 bridgehead atoms. The van der Waals surface area contributed by atoms with Crippen molar-refractivity contribution in [3.05, 3.63) is 52.5 Å². The fraction of sp³-hybridized carbons (Fsp3) is 0.400. The van der Waals surface area contributed by atoms with Gasteiger partial charge >= 0.3 is 0 Å². The number of anilines is 1. The Kier molecular flexibility index (Phi) is 9.26. The Morgan fingerprint density at radius 1 is 1.32 bits per heavy atom. The molecule has 34 heavy (non-hydrogen) atoms. The van der Waals surface area contributed by atoms with E-state index in [0.29, 0.717) is 17.9 Å². The van der Waals surface area contributed by atoms with Crippen LogP contribution in [0.2, 0.25) is 5.02 Å². The van der Waals surface area contributed by atoms with Crippen molar-refractivity contribution < 1.29 is 31.8 Å². The van der Waals surface area contributed by atoms with E-state index in [-0.39, 0.29) is 35.3 Å². The summed E-state index contributed by atoms with van der Waals surface area (Å²) in [4.78, 5) is 2.35. The van der Waals surface area contributed by atoms with E-state index in [0.717, 1.165) is 12.0 Å². The number of aliphatic hydroxyl groups excluding tert-OH is 1. The van der Waals surface area contributed by atoms with Crippen molar-refractivity contribution in [2.24, 2.45) is 0 Å². The minimum atomic E-state index is -3.98. The molecule has 0 aromatic heterocycles. The summed E-state index contributed by atoms with van der Waals surface area (Å²) in [5, 5.41) is 13.4. The summed E-state index contributed by atoms with van der Waals surface area (Å²) < 4.78 is 58.4. The van der Waals surface area contributed by atoms with Crippen molar-refractivity contribution in [3.63, 3.8) is 0 Å². The van der Waals surface area contributed by atoms with Crippen LogP contribution in [0.5, 0.6) is 5.75 Å². The molecule has 2 aromatic carbocycles. The van der Waals surface area contributed by atoms with Crippen molar-refractivity contribution in [3.8, 4) is 5.75 Å². The van der Waals surface area contributed by atoms with Crippen molar-refractivity contribution in [2.45, 2.75) is 24.0 Å². The maximum absolute atomic E-state index is 12.7. The average Bonchev–Trinajstić information content (AvgIpc) is 2.77. The van der Waals surface area contributed by atoms with Gasteiger partial charge in [0.2, 0.25) is 0 Å². The van der Waals surface area contributed by atoms with E-state index in [1.807, 2.05) is 24.3 Å². The molecule has 0 fully saturated rings. The standard InChI is InChI=1S/C20H27ClN4O7S2/c1-24(12-16(26)13-32-17-5-3-14(4-6-17)7-8-31-2)25-11-15-9-18(21)19(22-33(27)28)10-20(15)34(29,30)23-25/h3-6,9-10,16,22-23,26H,7-8,11-13H2,1-2H3,(H,27,28). The molecule has 1 aliphatic rings. The molecule has 1 aliphatic heterocycles. The first-order valence-corrected chi connectivity index (χ1v) is 13.2. The normalized spacial score (nSPS) is 17.2. The number of sulfonamides is 1. The fourth-order valence-corrected chi connectivity index (χ4v) is 5.30. The summed E-state index contributed by atoms with van der Waals surface area (Å²) in [7, 11) is -0.713. The van der Waals surface area contributed by atoms with Crippen LogP contribution in [0, 0.1) is 0 Å². The SMILES string of the molecule is COCCc1ccc(OCC(O)CN(C)N2Cc3cc(Cl)c(NS(=O)O)cc3S(=O)(=O)N2)cc1. The number of hydrogen-bond donors (Lipinski definition) is 4. The van der Waals surface area contributed by atoms with E-state index in [1.165, 1.54) is 22.3 Å². The number of halogens is 1. The molecule has 0 aliphatic carbocycles. The molecular weight excluding hydrogens is 508 g/mol. The predicted octanol–water partition coefficient (Wildman–Crippen LogP) is 1.37. The summed E-state index contributed by atoms with van der Waals surface area (Å²) in [5.74, 6) is 0.610. The van der Waals surface area contributed by atoms with Crippen molar-refractivity contribution in [1.82, 2.24) is 15.0 Å². The van der Waals surface area contributed by atoms with Crippen LogP contribution in [0.15, 0.2) is 41.3 Å². The van der Waals surface area contributed by atoms with Gasteiger partial charge in [0.05, 0.1) is 28.8 Å². The zero-order chi connectivity index (χ0) is 24.9. The summed E-state index contributed by atoms with van der Waals surface area (Å²) in [6.07, 6.45) is -0.109. The van der Waals surface area contributed by atoms with Crippen LogP contribution in [0.1, 0.15) is 11.1 Å². The van der Waals surface area contributed by atoms with Crippen LogP contribution >= 0.6 is 11.6 Å². The van der Waals surface area contributed by atoms with Crippen LogP contribution in [0.3, 0.4) is 0 Å². The summed E-state index contributed by atoms with van der Waals surface area (Å²) in [6.45, 7) is 0.854. The zero-order valence-corrected chi connectivity index (χ0v) is 21.0. The first-order valence-electron chi connectivity index (χ1n) is 10.2. The Morgan fingerprint density at radius 2 is 2.03 bits per heavy atom. The predicted molar refractivity (Wildman–Crippen MR) is 128 cm³/mol. The number of hydrogen-bond acceptors (Lipinski definition) is 8. The lowest BCUT2D eigenvalue weighted by Crippen LogP contribution is -2.55. The highest BCUT2D eigenvalue weighted by molar-refractivity contribution is 7.89. The summed E-state index contributed by atoms with van der Waals surface area (Å²) in [5.41, 5.74) is 1.52. The molecule has 0 amide bonds. The molecule has 0 spiro atoms. The lowest BCUT2D eigenvalue weighted by Gasteiger charge is -2.36. The molecule has 3 rings (SSSR count). The Bertz CT molecular complexity index is 1120. The maximum Gasteiger partial charge on any atom is 0.259 e. The van der Waals surface area contributed by atoms with E-state index in [4.69, 9.17) is 25.6 Å². The number of nitrogens with zero attached hydrogens (tertiary/aromatic N) is 2. The van der Waals surface area contributed by atoms with E-state index in [9.17, 15) is 17.7 Å². The van der Waals surface area contributed by atoms with E-state index >= 15 is 0 Å². The topological polar surface area (TPSA) is 141 Å². The third-order valence-corrected chi connectivity index (χ3v) is 7.15. The van der Waals surface area contributed by atoms with E-state index in [2.05, 4.69) is 9.55 Å². The van der Waals surface area contributed by atoms with Crippen LogP contribution in [0.25, 0.3) is 0 Å². The van der Waals surface area contributed by atoms with Crippen LogP contribution in [-0.4, -0.2) is 72.4 Å². The third kappa shape index (κ3) is 7.10. The molecule has 0 saturated carbocycles. The highest BCUT2D eigenvalue weighted by Gasteiger charge is 2.32. The highest BCUT2D eigenvalue weighted by Crippen LogP contribution is 2.32. The smallest absolute Gasteiger partial charge is 0.259 e. The number of nitrogens with one attached hydrogen (secondary N) is 2. The molecule has 0 saturated heterocycles. The first kappa shape index (κ1) is 26.8. The molecule has 4 N–H and O–H groups in total. The van der Waals surface area contributed by atoms with E-state index in [1.54, 1.807) is 14.2 Å². The van der Waals surface area contributed by atoms with Crippen LogP contribution in [-0.2, 0) is 39.0 Å². The van der Waals surface area contributed by atoms with Gasteiger partial charge < -0.3 is 14.6 Å². The van der Waals surface area contributed by atoms with Gasteiger partial charge in [-0.05, 0) is 41.8 Å². The van der Waals surface area contributed by atoms with Gasteiger partial charge in [-0.25, -0.2) is 17.6 Å². The number of methoxy groups -OCH3 is 1. The second-order valence-corrected chi connectivity index (χ2v) is 10.4. The van der Waals surface area contributed by atoms with E-state index < -0.39 is 27.4 Å². The fourth-order valence-electron chi connectivity index (χ4n) is 3.33. The average molecular weight is 535 g/mol. The van der Waals surface area contributed by atoms with Gasteiger partial charge in [0.15, 0.2) is 0 Å². The van der Waals surface area contributed by atoms with Crippen LogP contribution in [0.4, 0.5) is 5.69 Å². The molecule has 14 heteroatoms. The Labute approximate surface area is 206 Å². The monoisotopic (exact) mass is 534 g/mol. The first-order chi connectivity index (χ1) is 16.1. The third-order valence-electron chi connectivity index (χ3n) is 5.03. The molecule has 0 radical (unpaired) electrons. The second-order valence-electron chi connectivity index (χ2n) is 7.64. The van der Waals surface area contributed by atoms with Gasteiger partial charge in [0.25, 0.3) is 21.3 Å². The number of ether oxygens (including phenoxy) is 2. The molecule has 2 aromatic rings. The Balaban J connectivity index is 1.59. The number of hydrazine groups is 2. The number of benzene rings is 2. The molecular formula is C20H27ClN4O7S2. The minimum Gasteiger partial charge on any atom is -0.491 e. The Morgan fingerprint density at radius 3 is 2.68 bits per heavy atom. The second kappa shape index (κ2) is 11.7. The quantitative estimate of drug-likeness (QED) is 0.314. The molecule has 11 nitrogen and oxygen atoms in total. The van der Waals surface area contributed by atoms with Crippen molar-refractivity contribution in [1.29, 1.82) is 0 Å². The number of aliphatic hydroxyl groups is 1. The van der Waals surface area contributed by atoms with Crippen molar-refractivity contribution in [2.75, 3.05) is 38.6 Å². The number of fused-ring (bicyclic) bond motifs is 1. The number of likely N-dealkylation sites (N-methyl/N-ethyl adjacent to an activating group) is 1. The molecule has 188 valence electrons. The largest absolute Gasteiger partial charge is 0.491 e. The van der Waals surface area contributed by atoms with Gasteiger partial charge in [-0.3, -0.25) is 9.27 Å². The van der Waals surface area contributed by atoms with Gasteiger partial charge in [0.1, 0.15) is 18.5 Å². The highest BCUT2D eigenvalue weighted by atomic mass is 35.5. The maximum atomic E-state index is 12.7. The lowest BCUT2D eigenvalue weighted by atomic mass is 10.1. The van der Waals surface area contributed by atoms with Gasteiger partial charge in [0, 0.05) is 20.7 Å². The van der Waals surface area contributed by atoms with Crippen molar-refractivity contribution >= 4 is 38.6 Å². The van der Waals surface area contributed by atoms with Gasteiger partial charge in [-0.15, -0.1) is 4.83 Å². The zero-order valence-electron chi connectivity index (χ0n) is 18.6. The Hall–Kier alpha value is -1.81. The van der Waals surface area contributed by atoms with Crippen LogP contribution < -0.4 is 14.3 Å². The number of rotatable bonds is 11. The van der Waals surface area contributed by atoms with Gasteiger partial charge in [-0.1, -0.05) is 23.7 Å².